The third-order valence-electron chi connectivity index (χ3n) is 2.04. The van der Waals surface area contributed by atoms with E-state index in [-0.39, 0.29) is 0 Å². The Labute approximate surface area is 99.4 Å². The molecule has 0 radical (unpaired) electrons. The molecule has 4 N–H and O–H groups in total. The number of anilines is 1. The van der Waals surface area contributed by atoms with Crippen LogP contribution >= 0.6 is 0 Å². The number of aliphatic hydroxyl groups excluding tert-OH is 1. The van der Waals surface area contributed by atoms with Gasteiger partial charge < -0.3 is 16.2 Å². The van der Waals surface area contributed by atoms with Gasteiger partial charge in [-0.15, -0.1) is 0 Å². The van der Waals surface area contributed by atoms with E-state index in [1.807, 2.05) is 0 Å². The molecule has 98 valence electrons. The van der Waals surface area contributed by atoms with Crippen LogP contribution in [0.25, 0.3) is 0 Å². The average molecular weight is 261 g/mol. The highest BCUT2D eigenvalue weighted by Crippen LogP contribution is 2.24. The summed E-state index contributed by atoms with van der Waals surface area (Å²) in [4.78, 5) is 19.9. The van der Waals surface area contributed by atoms with Crippen LogP contribution in [0.3, 0.4) is 0 Å². The molecule has 0 saturated carbocycles. The number of nitrogens with zero attached hydrogens (tertiary/aromatic N) is 1. The van der Waals surface area contributed by atoms with Gasteiger partial charge in [0.2, 0.25) is 5.91 Å². The van der Waals surface area contributed by atoms with Gasteiger partial charge in [-0.1, -0.05) is 0 Å². The minimum atomic E-state index is -1.63. The molecule has 18 heavy (non-hydrogen) atoms. The molecule has 0 aliphatic rings. The lowest BCUT2D eigenvalue weighted by atomic mass is 10.2. The first-order valence-corrected chi connectivity index (χ1v) is 4.67. The largest absolute Gasteiger partial charge is 0.381 e. The molecule has 0 aromatic heterocycles. The Morgan fingerprint density at radius 2 is 2.00 bits per heavy atom. The number of amides is 1. The van der Waals surface area contributed by atoms with Crippen LogP contribution in [-0.2, 0) is 4.79 Å². The summed E-state index contributed by atoms with van der Waals surface area (Å²) < 4.78 is 26.6. The van der Waals surface area contributed by atoms with Crippen molar-refractivity contribution >= 4 is 17.3 Å². The fourth-order valence-corrected chi connectivity index (χ4v) is 1.13. The molecule has 0 saturated heterocycles. The predicted octanol–water partition coefficient (Wildman–Crippen LogP) is 0.131. The van der Waals surface area contributed by atoms with Crippen LogP contribution in [0.5, 0.6) is 0 Å². The van der Waals surface area contributed by atoms with Crippen molar-refractivity contribution in [1.82, 2.24) is 0 Å². The number of aliphatic hydroxyl groups is 1. The maximum Gasteiger partial charge on any atom is 0.275 e. The van der Waals surface area contributed by atoms with Crippen molar-refractivity contribution in [3.8, 4) is 0 Å². The number of halogens is 2. The number of nitrogens with one attached hydrogen (secondary N) is 1. The molecule has 0 spiro atoms. The van der Waals surface area contributed by atoms with Crippen LogP contribution in [0.2, 0.25) is 0 Å². The van der Waals surface area contributed by atoms with E-state index in [1.165, 1.54) is 0 Å². The number of benzene rings is 1. The predicted molar refractivity (Wildman–Crippen MR) is 56.7 cm³/mol. The number of hydrogen-bond acceptors (Lipinski definition) is 5. The number of primary amides is 1. The third kappa shape index (κ3) is 3.10. The Balaban J connectivity index is 2.90. The number of nitro groups is 1. The molecule has 0 aliphatic heterocycles. The van der Waals surface area contributed by atoms with Gasteiger partial charge in [-0.2, -0.15) is 0 Å². The second kappa shape index (κ2) is 5.36. The molecule has 1 unspecified atom stereocenters. The highest BCUT2D eigenvalue weighted by molar-refractivity contribution is 5.79. The Morgan fingerprint density at radius 1 is 1.50 bits per heavy atom. The van der Waals surface area contributed by atoms with Gasteiger partial charge in [0.1, 0.15) is 11.8 Å². The smallest absolute Gasteiger partial charge is 0.275 e. The van der Waals surface area contributed by atoms with Gasteiger partial charge in [0.15, 0.2) is 11.6 Å². The van der Waals surface area contributed by atoms with Crippen molar-refractivity contribution in [3.05, 3.63) is 33.9 Å². The van der Waals surface area contributed by atoms with Crippen molar-refractivity contribution < 1.29 is 23.6 Å². The number of carbonyl (C=O) groups excluding carboxylic acids is 1. The number of non-ortho nitro benzene ring substituents is 1. The van der Waals surface area contributed by atoms with Gasteiger partial charge in [0.05, 0.1) is 23.6 Å². The topological polar surface area (TPSA) is 118 Å². The molecule has 0 bridgehead atoms. The summed E-state index contributed by atoms with van der Waals surface area (Å²) in [5.74, 6) is -3.48. The highest BCUT2D eigenvalue weighted by atomic mass is 19.1. The Kier molecular flexibility index (Phi) is 4.10. The summed E-state index contributed by atoms with van der Waals surface area (Å²) in [5, 5.41) is 21.4. The van der Waals surface area contributed by atoms with Gasteiger partial charge >= 0.3 is 0 Å². The maximum atomic E-state index is 13.3. The minimum absolute atomic E-state index is 0.513. The average Bonchev–Trinajstić information content (AvgIpc) is 2.26. The number of rotatable bonds is 5. The lowest BCUT2D eigenvalue weighted by molar-refractivity contribution is -0.385. The van der Waals surface area contributed by atoms with E-state index in [0.29, 0.717) is 12.1 Å². The summed E-state index contributed by atoms with van der Waals surface area (Å²) in [6.07, 6.45) is -1.63. The first-order chi connectivity index (χ1) is 8.32. The van der Waals surface area contributed by atoms with E-state index < -0.39 is 46.5 Å². The van der Waals surface area contributed by atoms with Gasteiger partial charge in [-0.3, -0.25) is 14.9 Å². The number of nitro benzene ring substituents is 1. The zero-order valence-electron chi connectivity index (χ0n) is 8.89. The molecule has 1 amide bonds. The number of hydrogen-bond donors (Lipinski definition) is 3. The van der Waals surface area contributed by atoms with Crippen LogP contribution in [0.15, 0.2) is 12.1 Å². The van der Waals surface area contributed by atoms with Crippen molar-refractivity contribution in [2.24, 2.45) is 5.73 Å². The Bertz CT molecular complexity index is 472. The SMILES string of the molecule is NC(=O)C(O)CNc1c(F)cc([N+](=O)[O-])cc1F. The molecule has 1 aromatic rings. The fourth-order valence-electron chi connectivity index (χ4n) is 1.13. The Morgan fingerprint density at radius 3 is 2.39 bits per heavy atom. The molecule has 0 heterocycles. The van der Waals surface area contributed by atoms with Crippen molar-refractivity contribution in [1.29, 1.82) is 0 Å². The van der Waals surface area contributed by atoms with Crippen LogP contribution in [0.4, 0.5) is 20.2 Å². The summed E-state index contributed by atoms with van der Waals surface area (Å²) in [7, 11) is 0. The van der Waals surface area contributed by atoms with Crippen LogP contribution in [0, 0.1) is 21.7 Å². The van der Waals surface area contributed by atoms with E-state index in [1.54, 1.807) is 0 Å². The summed E-state index contributed by atoms with van der Waals surface area (Å²) >= 11 is 0. The minimum Gasteiger partial charge on any atom is -0.381 e. The normalized spacial score (nSPS) is 11.9. The summed E-state index contributed by atoms with van der Waals surface area (Å²) in [6.45, 7) is -0.513. The van der Waals surface area contributed by atoms with Gasteiger partial charge in [-0.25, -0.2) is 8.78 Å². The summed E-state index contributed by atoms with van der Waals surface area (Å²) in [6, 6.07) is 1.03. The first-order valence-electron chi connectivity index (χ1n) is 4.67. The van der Waals surface area contributed by atoms with Crippen molar-refractivity contribution in [2.75, 3.05) is 11.9 Å². The van der Waals surface area contributed by atoms with Crippen LogP contribution < -0.4 is 11.1 Å². The molecular weight excluding hydrogens is 252 g/mol. The van der Waals surface area contributed by atoms with Crippen molar-refractivity contribution in [3.63, 3.8) is 0 Å². The first kappa shape index (κ1) is 13.8. The molecule has 1 rings (SSSR count). The van der Waals surface area contributed by atoms with E-state index in [2.05, 4.69) is 5.32 Å². The van der Waals surface area contributed by atoms with Crippen molar-refractivity contribution in [2.45, 2.75) is 6.10 Å². The highest BCUT2D eigenvalue weighted by Gasteiger charge is 2.18. The molecule has 0 aliphatic carbocycles. The number of nitrogens with two attached hydrogens (primary N) is 1. The molecule has 1 atom stereocenters. The van der Waals surface area contributed by atoms with Crippen LogP contribution in [0.1, 0.15) is 0 Å². The second-order valence-electron chi connectivity index (χ2n) is 3.34. The molecule has 0 fully saturated rings. The second-order valence-corrected chi connectivity index (χ2v) is 3.34. The van der Waals surface area contributed by atoms with E-state index in [4.69, 9.17) is 10.8 Å². The zero-order valence-corrected chi connectivity index (χ0v) is 8.89. The molecule has 7 nitrogen and oxygen atoms in total. The lowest BCUT2D eigenvalue weighted by Gasteiger charge is -2.11. The standard InChI is InChI=1S/C9H9F2N3O4/c10-5-1-4(14(17)18)2-6(11)8(5)13-3-7(15)9(12)16/h1-2,7,13,15H,3H2,(H2,12,16). The van der Waals surface area contributed by atoms with Gasteiger partial charge in [-0.05, 0) is 0 Å². The zero-order chi connectivity index (χ0) is 13.9. The molecule has 1 aromatic carbocycles. The van der Waals surface area contributed by atoms with E-state index in [0.717, 1.165) is 0 Å². The van der Waals surface area contributed by atoms with Crippen LogP contribution in [-0.4, -0.2) is 28.6 Å². The molecule has 9 heteroatoms. The lowest BCUT2D eigenvalue weighted by Crippen LogP contribution is -2.34. The van der Waals surface area contributed by atoms with E-state index >= 15 is 0 Å². The Hall–Kier alpha value is -2.29. The number of carbonyl (C=O) groups is 1. The van der Waals surface area contributed by atoms with Gasteiger partial charge in [0.25, 0.3) is 5.69 Å². The summed E-state index contributed by atoms with van der Waals surface area (Å²) in [5.41, 5.74) is 3.31. The van der Waals surface area contributed by atoms with E-state index in [9.17, 15) is 23.7 Å². The maximum absolute atomic E-state index is 13.3. The fraction of sp³-hybridized carbons (Fsp3) is 0.222. The van der Waals surface area contributed by atoms with Gasteiger partial charge in [0, 0.05) is 0 Å². The monoisotopic (exact) mass is 261 g/mol. The molecular formula is C9H9F2N3O4. The third-order valence-corrected chi connectivity index (χ3v) is 2.04. The quantitative estimate of drug-likeness (QED) is 0.514.